The molecule has 39 heavy (non-hydrogen) atoms. The van der Waals surface area contributed by atoms with Gasteiger partial charge >= 0.3 is 18.6 Å². The number of ether oxygens (including phenoxy) is 3. The molecule has 3 aromatic rings. The van der Waals surface area contributed by atoms with E-state index in [1.165, 1.54) is 31.4 Å². The van der Waals surface area contributed by atoms with Crippen LogP contribution in [0.4, 0.5) is 30.7 Å². The van der Waals surface area contributed by atoms with Gasteiger partial charge in [-0.25, -0.2) is 0 Å². The Kier molecular flexibility index (Phi) is 10.1. The van der Waals surface area contributed by atoms with Gasteiger partial charge in [-0.1, -0.05) is 51.2 Å². The van der Waals surface area contributed by atoms with Gasteiger partial charge in [0.2, 0.25) is 0 Å². The van der Waals surface area contributed by atoms with Crippen molar-refractivity contribution >= 4 is 0 Å². The van der Waals surface area contributed by atoms with Crippen LogP contribution in [-0.2, 0) is 18.6 Å². The summed E-state index contributed by atoms with van der Waals surface area (Å²) in [6.07, 6.45) is -4.92. The topological polar surface area (TPSA) is 27.7 Å². The summed E-state index contributed by atoms with van der Waals surface area (Å²) in [4.78, 5) is 0. The molecule has 10 heteroatoms. The molecule has 0 N–H and O–H groups in total. The molecule has 0 unspecified atom stereocenters. The highest BCUT2D eigenvalue weighted by Gasteiger charge is 2.37. The van der Waals surface area contributed by atoms with Crippen LogP contribution >= 0.6 is 0 Å². The van der Waals surface area contributed by atoms with E-state index < -0.39 is 35.6 Å². The monoisotopic (exact) mass is 558 g/mol. The third-order valence-electron chi connectivity index (χ3n) is 5.85. The molecule has 0 saturated heterocycles. The van der Waals surface area contributed by atoms with Crippen LogP contribution in [0.5, 0.6) is 17.2 Å². The van der Waals surface area contributed by atoms with Crippen molar-refractivity contribution in [2.24, 2.45) is 0 Å². The van der Waals surface area contributed by atoms with E-state index in [9.17, 15) is 30.7 Å². The minimum absolute atomic E-state index is 0.343. The molecule has 0 bridgehead atoms. The first-order chi connectivity index (χ1) is 18.4. The predicted molar refractivity (Wildman–Crippen MR) is 132 cm³/mol. The highest BCUT2D eigenvalue weighted by atomic mass is 19.4. The number of aryl methyl sites for hydroxylation is 1. The molecule has 0 radical (unpaired) electrons. The Hall–Kier alpha value is -3.43. The van der Waals surface area contributed by atoms with Gasteiger partial charge < -0.3 is 14.2 Å². The van der Waals surface area contributed by atoms with Crippen molar-refractivity contribution in [2.45, 2.75) is 70.4 Å². The molecule has 0 spiro atoms. The number of hydrogen-bond acceptors (Lipinski definition) is 3. The first-order valence-electron chi connectivity index (χ1n) is 12.6. The van der Waals surface area contributed by atoms with Crippen LogP contribution in [0.15, 0.2) is 72.8 Å². The number of halogens is 7. The second kappa shape index (κ2) is 13.1. The maximum atomic E-state index is 14.7. The standard InChI is InChI=1S/C29H29F7O3/c1-2-3-4-5-6-7-8-21-9-11-22(12-10-21)27(30,31)37-24-15-13-23(14-16-24)28(32,33)38-25-17-19-26(20-18-25)39-29(34,35)36/h9-20H,2-8H2,1H3. The summed E-state index contributed by atoms with van der Waals surface area (Å²) in [7, 11) is 0. The summed E-state index contributed by atoms with van der Waals surface area (Å²) >= 11 is 0. The number of rotatable bonds is 14. The summed E-state index contributed by atoms with van der Waals surface area (Å²) in [6, 6.07) is 12.8. The fraction of sp³-hybridized carbons (Fsp3) is 0.379. The highest BCUT2D eigenvalue weighted by Crippen LogP contribution is 2.36. The van der Waals surface area contributed by atoms with E-state index in [4.69, 9.17) is 4.74 Å². The molecule has 0 atom stereocenters. The van der Waals surface area contributed by atoms with Crippen molar-refractivity contribution in [3.8, 4) is 17.2 Å². The Morgan fingerprint density at radius 1 is 0.487 bits per heavy atom. The third kappa shape index (κ3) is 9.67. The smallest absolute Gasteiger partial charge is 0.429 e. The largest absolute Gasteiger partial charge is 0.573 e. The van der Waals surface area contributed by atoms with Gasteiger partial charge in [-0.2, -0.15) is 17.6 Å². The van der Waals surface area contributed by atoms with Crippen molar-refractivity contribution in [1.29, 1.82) is 0 Å². The molecule has 0 aliphatic heterocycles. The lowest BCUT2D eigenvalue weighted by atomic mass is 10.0. The van der Waals surface area contributed by atoms with Crippen LogP contribution < -0.4 is 14.2 Å². The Balaban J connectivity index is 1.56. The quantitative estimate of drug-likeness (QED) is 0.146. The average Bonchev–Trinajstić information content (AvgIpc) is 2.87. The van der Waals surface area contributed by atoms with Crippen LogP contribution in [0.3, 0.4) is 0 Å². The highest BCUT2D eigenvalue weighted by molar-refractivity contribution is 5.34. The second-order valence-corrected chi connectivity index (χ2v) is 9.00. The Labute approximate surface area is 222 Å². The molecule has 3 rings (SSSR count). The van der Waals surface area contributed by atoms with Crippen LogP contribution in [-0.4, -0.2) is 6.36 Å². The van der Waals surface area contributed by atoms with Crippen LogP contribution in [0.2, 0.25) is 0 Å². The van der Waals surface area contributed by atoms with E-state index in [-0.39, 0.29) is 11.3 Å². The molecule has 0 fully saturated rings. The van der Waals surface area contributed by atoms with Gasteiger partial charge in [0, 0.05) is 0 Å². The molecular weight excluding hydrogens is 529 g/mol. The van der Waals surface area contributed by atoms with Gasteiger partial charge in [0.25, 0.3) is 0 Å². The van der Waals surface area contributed by atoms with Crippen LogP contribution in [0.25, 0.3) is 0 Å². The fourth-order valence-electron chi connectivity index (χ4n) is 3.82. The third-order valence-corrected chi connectivity index (χ3v) is 5.85. The van der Waals surface area contributed by atoms with E-state index in [2.05, 4.69) is 16.4 Å². The Bertz CT molecular complexity index is 1140. The summed E-state index contributed by atoms with van der Waals surface area (Å²) in [5.74, 6) is -1.38. The number of alkyl halides is 7. The lowest BCUT2D eigenvalue weighted by molar-refractivity contribution is -0.274. The molecule has 0 saturated carbocycles. The van der Waals surface area contributed by atoms with Crippen LogP contribution in [0.1, 0.15) is 62.1 Å². The maximum absolute atomic E-state index is 14.7. The molecule has 0 heterocycles. The lowest BCUT2D eigenvalue weighted by Gasteiger charge is -2.21. The minimum Gasteiger partial charge on any atom is -0.429 e. The number of hydrogen-bond donors (Lipinski definition) is 0. The Morgan fingerprint density at radius 2 is 0.872 bits per heavy atom. The van der Waals surface area contributed by atoms with Gasteiger partial charge in [-0.05, 0) is 79.1 Å². The summed E-state index contributed by atoms with van der Waals surface area (Å²) in [6.45, 7) is 2.15. The Morgan fingerprint density at radius 3 is 1.33 bits per heavy atom. The molecule has 0 aliphatic rings. The molecule has 3 aromatic carbocycles. The molecule has 0 amide bonds. The first-order valence-corrected chi connectivity index (χ1v) is 12.6. The lowest BCUT2D eigenvalue weighted by Crippen LogP contribution is -2.23. The molecular formula is C29H29F7O3. The van der Waals surface area contributed by atoms with E-state index in [1.807, 2.05) is 0 Å². The van der Waals surface area contributed by atoms with E-state index in [1.54, 1.807) is 12.1 Å². The van der Waals surface area contributed by atoms with E-state index in [0.717, 1.165) is 79.8 Å². The van der Waals surface area contributed by atoms with E-state index >= 15 is 0 Å². The minimum atomic E-state index is -4.93. The second-order valence-electron chi connectivity index (χ2n) is 9.00. The van der Waals surface area contributed by atoms with Crippen molar-refractivity contribution < 1.29 is 44.9 Å². The molecule has 0 aliphatic carbocycles. The van der Waals surface area contributed by atoms with Gasteiger partial charge in [0.15, 0.2) is 0 Å². The summed E-state index contributed by atoms with van der Waals surface area (Å²) in [5.41, 5.74) is -0.100. The SMILES string of the molecule is CCCCCCCCc1ccc(C(F)(F)Oc2ccc(C(F)(F)Oc3ccc(OC(F)(F)F)cc3)cc2)cc1. The zero-order valence-electron chi connectivity index (χ0n) is 21.2. The molecule has 212 valence electrons. The zero-order valence-corrected chi connectivity index (χ0v) is 21.2. The van der Waals surface area contributed by atoms with E-state index in [0.29, 0.717) is 0 Å². The summed E-state index contributed by atoms with van der Waals surface area (Å²) in [5, 5.41) is 0. The van der Waals surface area contributed by atoms with Crippen molar-refractivity contribution in [1.82, 2.24) is 0 Å². The van der Waals surface area contributed by atoms with Crippen molar-refractivity contribution in [3.05, 3.63) is 89.5 Å². The average molecular weight is 559 g/mol. The van der Waals surface area contributed by atoms with Gasteiger partial charge in [0.05, 0.1) is 11.1 Å². The van der Waals surface area contributed by atoms with Gasteiger partial charge in [0.1, 0.15) is 17.2 Å². The molecule has 3 nitrogen and oxygen atoms in total. The summed E-state index contributed by atoms with van der Waals surface area (Å²) < 4.78 is 108. The normalized spacial score (nSPS) is 12.3. The number of unbranched alkanes of at least 4 members (excludes halogenated alkanes) is 5. The zero-order chi connectivity index (χ0) is 28.5. The molecule has 0 aromatic heterocycles. The van der Waals surface area contributed by atoms with Crippen molar-refractivity contribution in [2.75, 3.05) is 0 Å². The fourth-order valence-corrected chi connectivity index (χ4v) is 3.82. The van der Waals surface area contributed by atoms with Gasteiger partial charge in [-0.3, -0.25) is 0 Å². The first kappa shape index (κ1) is 30.1. The van der Waals surface area contributed by atoms with Crippen molar-refractivity contribution in [3.63, 3.8) is 0 Å². The number of benzene rings is 3. The maximum Gasteiger partial charge on any atom is 0.573 e. The van der Waals surface area contributed by atoms with Crippen LogP contribution in [0, 0.1) is 0 Å². The predicted octanol–water partition coefficient (Wildman–Crippen LogP) is 9.74. The van der Waals surface area contributed by atoms with Gasteiger partial charge in [-0.15, -0.1) is 13.2 Å².